The topological polar surface area (TPSA) is 83.9 Å². The second-order valence-electron chi connectivity index (χ2n) is 9.23. The van der Waals surface area contributed by atoms with Gasteiger partial charge in [-0.2, -0.15) is 0 Å². The molecule has 36 heavy (non-hydrogen) atoms. The largest absolute Gasteiger partial charge is 0.497 e. The Bertz CT molecular complexity index is 1260. The van der Waals surface area contributed by atoms with E-state index >= 15 is 0 Å². The summed E-state index contributed by atoms with van der Waals surface area (Å²) in [5, 5.41) is 5.79. The van der Waals surface area contributed by atoms with Gasteiger partial charge >= 0.3 is 0 Å². The van der Waals surface area contributed by atoms with Crippen molar-refractivity contribution in [2.75, 3.05) is 26.7 Å². The second-order valence-corrected chi connectivity index (χ2v) is 10.1. The lowest BCUT2D eigenvalue weighted by molar-refractivity contribution is -0.132. The molecule has 0 aliphatic carbocycles. The zero-order valence-electron chi connectivity index (χ0n) is 20.4. The van der Waals surface area contributed by atoms with Gasteiger partial charge in [0.15, 0.2) is 0 Å². The van der Waals surface area contributed by atoms with Crippen molar-refractivity contribution in [1.29, 1.82) is 0 Å². The quantitative estimate of drug-likeness (QED) is 0.483. The lowest BCUT2D eigenvalue weighted by Gasteiger charge is -2.31. The molecule has 3 aromatic rings. The number of carbonyl (C=O) groups excluding carboxylic acids is 2. The average molecular weight is 503 g/mol. The van der Waals surface area contributed by atoms with Gasteiger partial charge in [0.2, 0.25) is 5.91 Å². The van der Waals surface area contributed by atoms with Gasteiger partial charge in [-0.3, -0.25) is 14.6 Å². The standard InChI is InChI=1S/C28H30N4O3S/c1-35-22-6-4-5-19(15-22)9-12-29-27(34)25-18-36-28(31-25)20-10-13-32(14-11-20)26(33)16-21-17-30-24-8-3-2-7-23(21)24/h2-8,15,17-18,20-21H,9-14,16H2,1H3,(H,29,34). The van der Waals surface area contributed by atoms with E-state index in [0.717, 1.165) is 59.9 Å². The number of piperidine rings is 1. The third-order valence-corrected chi connectivity index (χ3v) is 7.92. The molecule has 186 valence electrons. The van der Waals surface area contributed by atoms with Gasteiger partial charge in [0.25, 0.3) is 5.91 Å². The minimum atomic E-state index is -0.147. The number of benzene rings is 2. The van der Waals surface area contributed by atoms with Crippen LogP contribution >= 0.6 is 11.3 Å². The third-order valence-electron chi connectivity index (χ3n) is 6.91. The Morgan fingerprint density at radius 2 is 1.97 bits per heavy atom. The van der Waals surface area contributed by atoms with E-state index in [1.54, 1.807) is 7.11 Å². The van der Waals surface area contributed by atoms with Crippen LogP contribution in [-0.4, -0.2) is 54.7 Å². The molecule has 5 rings (SSSR count). The van der Waals surface area contributed by atoms with Gasteiger partial charge in [-0.15, -0.1) is 11.3 Å². The molecule has 3 heterocycles. The highest BCUT2D eigenvalue weighted by atomic mass is 32.1. The van der Waals surface area contributed by atoms with E-state index in [9.17, 15) is 9.59 Å². The van der Waals surface area contributed by atoms with Gasteiger partial charge in [0.05, 0.1) is 17.8 Å². The molecule has 0 radical (unpaired) electrons. The van der Waals surface area contributed by atoms with Crippen LogP contribution in [0.25, 0.3) is 0 Å². The summed E-state index contributed by atoms with van der Waals surface area (Å²) in [6.07, 6.45) is 4.82. The minimum Gasteiger partial charge on any atom is -0.497 e. The molecule has 2 aromatic carbocycles. The number of likely N-dealkylation sites (tertiary alicyclic amines) is 1. The van der Waals surface area contributed by atoms with Gasteiger partial charge in [-0.05, 0) is 48.6 Å². The summed E-state index contributed by atoms with van der Waals surface area (Å²) in [4.78, 5) is 36.6. The zero-order chi connectivity index (χ0) is 24.9. The number of thiazole rings is 1. The van der Waals surface area contributed by atoms with Crippen LogP contribution in [0.5, 0.6) is 5.75 Å². The summed E-state index contributed by atoms with van der Waals surface area (Å²) in [6.45, 7) is 1.98. The van der Waals surface area contributed by atoms with Crippen LogP contribution in [0.15, 0.2) is 58.9 Å². The Hall–Kier alpha value is -3.52. The number of hydrogen-bond acceptors (Lipinski definition) is 6. The molecule has 1 fully saturated rings. The fourth-order valence-electron chi connectivity index (χ4n) is 4.84. The molecule has 8 heteroatoms. The van der Waals surface area contributed by atoms with Gasteiger partial charge in [-0.1, -0.05) is 30.3 Å². The highest BCUT2D eigenvalue weighted by molar-refractivity contribution is 7.09. The molecule has 7 nitrogen and oxygen atoms in total. The number of aromatic nitrogens is 1. The average Bonchev–Trinajstić information content (AvgIpc) is 3.57. The van der Waals surface area contributed by atoms with E-state index in [2.05, 4.69) is 21.4 Å². The highest BCUT2D eigenvalue weighted by Gasteiger charge is 2.29. The maximum Gasteiger partial charge on any atom is 0.270 e. The Kier molecular flexibility index (Phi) is 7.41. The molecule has 1 N–H and O–H groups in total. The molecule has 1 aromatic heterocycles. The SMILES string of the molecule is COc1cccc(CCNC(=O)c2csc(C3CCN(C(=O)CC4C=Nc5ccccc54)CC3)n2)c1. The molecule has 0 saturated carbocycles. The Morgan fingerprint density at radius 3 is 2.81 bits per heavy atom. The monoisotopic (exact) mass is 502 g/mol. The normalized spacial score (nSPS) is 17.1. The Balaban J connectivity index is 1.08. The number of nitrogens with one attached hydrogen (secondary N) is 1. The first kappa shape index (κ1) is 24.2. The number of rotatable bonds is 8. The van der Waals surface area contributed by atoms with Gasteiger partial charge in [0, 0.05) is 49.5 Å². The van der Waals surface area contributed by atoms with Crippen molar-refractivity contribution in [2.45, 2.75) is 37.5 Å². The lowest BCUT2D eigenvalue weighted by Crippen LogP contribution is -2.38. The Morgan fingerprint density at radius 1 is 1.14 bits per heavy atom. The molecule has 1 saturated heterocycles. The molecular weight excluding hydrogens is 472 g/mol. The van der Waals surface area contributed by atoms with Gasteiger partial charge < -0.3 is 15.0 Å². The number of carbonyl (C=O) groups is 2. The van der Waals surface area contributed by atoms with Crippen LogP contribution < -0.4 is 10.1 Å². The zero-order valence-corrected chi connectivity index (χ0v) is 21.2. The number of amides is 2. The fourth-order valence-corrected chi connectivity index (χ4v) is 5.81. The number of aliphatic imine (C=N–C) groups is 1. The minimum absolute atomic E-state index is 0.0652. The predicted molar refractivity (Wildman–Crippen MR) is 142 cm³/mol. The van der Waals surface area contributed by atoms with E-state index in [1.165, 1.54) is 11.3 Å². The van der Waals surface area contributed by atoms with E-state index in [-0.39, 0.29) is 23.7 Å². The summed E-state index contributed by atoms with van der Waals surface area (Å²) in [5.74, 6) is 1.19. The van der Waals surface area contributed by atoms with Gasteiger partial charge in [0.1, 0.15) is 11.4 Å². The molecule has 2 amide bonds. The third kappa shape index (κ3) is 5.49. The van der Waals surface area contributed by atoms with Crippen LogP contribution in [0, 0.1) is 0 Å². The van der Waals surface area contributed by atoms with Crippen molar-refractivity contribution >= 4 is 35.1 Å². The van der Waals surface area contributed by atoms with Crippen molar-refractivity contribution in [3.05, 3.63) is 75.7 Å². The van der Waals surface area contributed by atoms with Crippen LogP contribution in [0.3, 0.4) is 0 Å². The van der Waals surface area contributed by atoms with E-state index in [1.807, 2.05) is 59.0 Å². The first-order valence-electron chi connectivity index (χ1n) is 12.4. The summed E-state index contributed by atoms with van der Waals surface area (Å²) in [7, 11) is 1.65. The van der Waals surface area contributed by atoms with Crippen molar-refractivity contribution in [1.82, 2.24) is 15.2 Å². The van der Waals surface area contributed by atoms with E-state index in [0.29, 0.717) is 18.7 Å². The first-order chi connectivity index (χ1) is 17.6. The number of nitrogens with zero attached hydrogens (tertiary/aromatic N) is 3. The number of para-hydroxylation sites is 1. The summed E-state index contributed by atoms with van der Waals surface area (Å²) in [6, 6.07) is 15.9. The molecule has 2 aliphatic rings. The molecule has 0 spiro atoms. The summed E-state index contributed by atoms with van der Waals surface area (Å²) in [5.41, 5.74) is 3.69. The lowest BCUT2D eigenvalue weighted by atomic mass is 9.94. The predicted octanol–water partition coefficient (Wildman–Crippen LogP) is 4.72. The maximum absolute atomic E-state index is 12.9. The van der Waals surface area contributed by atoms with Crippen molar-refractivity contribution in [3.63, 3.8) is 0 Å². The van der Waals surface area contributed by atoms with Crippen LogP contribution in [0.2, 0.25) is 0 Å². The van der Waals surface area contributed by atoms with Crippen molar-refractivity contribution in [2.24, 2.45) is 4.99 Å². The van der Waals surface area contributed by atoms with Crippen LogP contribution in [0.1, 0.15) is 57.7 Å². The van der Waals surface area contributed by atoms with Crippen molar-refractivity contribution < 1.29 is 14.3 Å². The molecule has 0 bridgehead atoms. The highest BCUT2D eigenvalue weighted by Crippen LogP contribution is 2.35. The van der Waals surface area contributed by atoms with Crippen LogP contribution in [-0.2, 0) is 11.2 Å². The molecular formula is C28H30N4O3S. The van der Waals surface area contributed by atoms with E-state index in [4.69, 9.17) is 4.74 Å². The van der Waals surface area contributed by atoms with Crippen molar-refractivity contribution in [3.8, 4) is 5.75 Å². The number of fused-ring (bicyclic) bond motifs is 1. The molecule has 1 unspecified atom stereocenters. The molecule has 2 aliphatic heterocycles. The van der Waals surface area contributed by atoms with E-state index < -0.39 is 0 Å². The molecule has 1 atom stereocenters. The number of hydrogen-bond donors (Lipinski definition) is 1. The number of ether oxygens (including phenoxy) is 1. The summed E-state index contributed by atoms with van der Waals surface area (Å²) >= 11 is 1.54. The first-order valence-corrected chi connectivity index (χ1v) is 13.3. The Labute approximate surface area is 215 Å². The van der Waals surface area contributed by atoms with Gasteiger partial charge in [-0.25, -0.2) is 4.98 Å². The number of methoxy groups -OCH3 is 1. The fraction of sp³-hybridized carbons (Fsp3) is 0.357. The maximum atomic E-state index is 12.9. The summed E-state index contributed by atoms with van der Waals surface area (Å²) < 4.78 is 5.25. The second kappa shape index (κ2) is 11.0. The van der Waals surface area contributed by atoms with Crippen LogP contribution in [0.4, 0.5) is 5.69 Å². The smallest absolute Gasteiger partial charge is 0.270 e.